The van der Waals surface area contributed by atoms with Crippen LogP contribution < -0.4 is 5.73 Å². The summed E-state index contributed by atoms with van der Waals surface area (Å²) in [5.41, 5.74) is 10.9. The lowest BCUT2D eigenvalue weighted by Gasteiger charge is -2.32. The van der Waals surface area contributed by atoms with Crippen LogP contribution >= 0.6 is 11.3 Å². The second-order valence-corrected chi connectivity index (χ2v) is 10.6. The fourth-order valence-corrected chi connectivity index (χ4v) is 5.25. The van der Waals surface area contributed by atoms with Crippen molar-refractivity contribution in [3.8, 4) is 11.3 Å². The zero-order valence-electron chi connectivity index (χ0n) is 22.8. The molecule has 2 N–H and O–H groups in total. The van der Waals surface area contributed by atoms with Gasteiger partial charge in [0.25, 0.3) is 5.91 Å². The predicted octanol–water partition coefficient (Wildman–Crippen LogP) is 6.22. The molecule has 2 aromatic heterocycles. The Kier molecular flexibility index (Phi) is 8.81. The molecule has 5 aromatic rings. The van der Waals surface area contributed by atoms with Gasteiger partial charge in [-0.25, -0.2) is 4.98 Å². The largest absolute Gasteiger partial charge is 0.375 e. The topological polar surface area (TPSA) is 92.4 Å². The van der Waals surface area contributed by atoms with Gasteiger partial charge in [0, 0.05) is 42.0 Å². The summed E-state index contributed by atoms with van der Waals surface area (Å²) in [5.74, 6) is -0.367. The highest BCUT2D eigenvalue weighted by atomic mass is 32.1. The maximum atomic E-state index is 14.0. The number of aromatic nitrogens is 2. The summed E-state index contributed by atoms with van der Waals surface area (Å²) in [7, 11) is 0. The van der Waals surface area contributed by atoms with Crippen LogP contribution in [0.25, 0.3) is 11.3 Å². The van der Waals surface area contributed by atoms with Crippen molar-refractivity contribution in [2.75, 3.05) is 12.3 Å². The highest BCUT2D eigenvalue weighted by Gasteiger charge is 2.26. The summed E-state index contributed by atoms with van der Waals surface area (Å²) in [6.07, 6.45) is 3.38. The van der Waals surface area contributed by atoms with Crippen molar-refractivity contribution in [3.63, 3.8) is 0 Å². The first-order valence-electron chi connectivity index (χ1n) is 13.4. The number of hydrogen-bond donors (Lipinski definition) is 1. The number of nitrogen functional groups attached to an aromatic ring is 1. The number of pyridine rings is 1. The van der Waals surface area contributed by atoms with E-state index in [4.69, 9.17) is 5.73 Å². The standard InChI is InChI=1S/C33H31N5O2S/c1-24(27-10-6-3-7-11-27)38(21-25-8-4-2-5-9-25)31(39)22-37(20-26-16-18-35-19-17-26)32(40)29-14-12-28(13-15-29)30-23-41-33(34)36-30/h2-19,23-24H,20-22H2,1H3,(H2,34,36)/t24-/m0/s1. The number of anilines is 1. The maximum absolute atomic E-state index is 14.0. The number of rotatable bonds is 10. The van der Waals surface area contributed by atoms with E-state index in [1.807, 2.05) is 102 Å². The maximum Gasteiger partial charge on any atom is 0.254 e. The molecular weight excluding hydrogens is 530 g/mol. The minimum absolute atomic E-state index is 0.0739. The molecule has 41 heavy (non-hydrogen) atoms. The minimum Gasteiger partial charge on any atom is -0.375 e. The fourth-order valence-electron chi connectivity index (χ4n) is 4.68. The lowest BCUT2D eigenvalue weighted by Crippen LogP contribution is -2.43. The minimum atomic E-state index is -0.230. The lowest BCUT2D eigenvalue weighted by molar-refractivity contribution is -0.135. The van der Waals surface area contributed by atoms with Crippen molar-refractivity contribution in [3.05, 3.63) is 137 Å². The van der Waals surface area contributed by atoms with Gasteiger partial charge in [-0.2, -0.15) is 0 Å². The van der Waals surface area contributed by atoms with E-state index < -0.39 is 0 Å². The number of hydrogen-bond acceptors (Lipinski definition) is 6. The first-order valence-corrected chi connectivity index (χ1v) is 14.2. The average Bonchev–Trinajstić information content (AvgIpc) is 3.46. The molecule has 0 bridgehead atoms. The number of thiazole rings is 1. The molecule has 0 spiro atoms. The van der Waals surface area contributed by atoms with E-state index in [0.717, 1.165) is 27.9 Å². The van der Waals surface area contributed by atoms with Crippen LogP contribution in [0.5, 0.6) is 0 Å². The third-order valence-electron chi connectivity index (χ3n) is 6.95. The van der Waals surface area contributed by atoms with Crippen molar-refractivity contribution in [2.24, 2.45) is 0 Å². The van der Waals surface area contributed by atoms with E-state index in [1.165, 1.54) is 11.3 Å². The lowest BCUT2D eigenvalue weighted by atomic mass is 10.1. The molecule has 0 saturated heterocycles. The SMILES string of the molecule is C[C@@H](c1ccccc1)N(Cc1ccccc1)C(=O)CN(Cc1ccncc1)C(=O)c1ccc(-c2csc(N)n2)cc1. The second kappa shape index (κ2) is 13.0. The van der Waals surface area contributed by atoms with Gasteiger partial charge in [-0.1, -0.05) is 72.8 Å². The molecule has 0 unspecified atom stereocenters. The summed E-state index contributed by atoms with van der Waals surface area (Å²) >= 11 is 1.37. The zero-order valence-corrected chi connectivity index (χ0v) is 23.6. The monoisotopic (exact) mass is 561 g/mol. The normalized spacial score (nSPS) is 11.5. The van der Waals surface area contributed by atoms with Crippen molar-refractivity contribution >= 4 is 28.3 Å². The molecular formula is C33H31N5O2S. The van der Waals surface area contributed by atoms with E-state index >= 15 is 0 Å². The molecule has 0 radical (unpaired) electrons. The highest BCUT2D eigenvalue weighted by Crippen LogP contribution is 2.25. The molecule has 2 heterocycles. The summed E-state index contributed by atoms with van der Waals surface area (Å²) in [6, 6.07) is 30.6. The quantitative estimate of drug-likeness (QED) is 0.219. The Morgan fingerprint density at radius 3 is 2.10 bits per heavy atom. The number of carbonyl (C=O) groups excluding carboxylic acids is 2. The van der Waals surface area contributed by atoms with Crippen LogP contribution in [0.3, 0.4) is 0 Å². The van der Waals surface area contributed by atoms with Gasteiger partial charge in [0.2, 0.25) is 5.91 Å². The summed E-state index contributed by atoms with van der Waals surface area (Å²) in [5, 5.41) is 2.38. The molecule has 0 fully saturated rings. The third kappa shape index (κ3) is 7.04. The van der Waals surface area contributed by atoms with Crippen molar-refractivity contribution in [2.45, 2.75) is 26.1 Å². The Balaban J connectivity index is 1.42. The van der Waals surface area contributed by atoms with E-state index in [2.05, 4.69) is 9.97 Å². The van der Waals surface area contributed by atoms with E-state index in [0.29, 0.717) is 17.2 Å². The number of nitrogens with two attached hydrogens (primary N) is 1. The fraction of sp³-hybridized carbons (Fsp3) is 0.152. The van der Waals surface area contributed by atoms with Crippen molar-refractivity contribution in [1.29, 1.82) is 0 Å². The van der Waals surface area contributed by atoms with Gasteiger partial charge < -0.3 is 15.5 Å². The smallest absolute Gasteiger partial charge is 0.254 e. The van der Waals surface area contributed by atoms with Gasteiger partial charge in [0.1, 0.15) is 6.54 Å². The Hall–Kier alpha value is -4.82. The molecule has 1 atom stereocenters. The molecule has 3 aromatic carbocycles. The molecule has 8 heteroatoms. The van der Waals surface area contributed by atoms with E-state index in [9.17, 15) is 9.59 Å². The highest BCUT2D eigenvalue weighted by molar-refractivity contribution is 7.13. The molecule has 2 amide bonds. The first kappa shape index (κ1) is 27.7. The van der Waals surface area contributed by atoms with Crippen molar-refractivity contribution in [1.82, 2.24) is 19.8 Å². The summed E-state index contributed by atoms with van der Waals surface area (Å²) in [4.78, 5) is 39.8. The van der Waals surface area contributed by atoms with Crippen molar-refractivity contribution < 1.29 is 9.59 Å². The van der Waals surface area contributed by atoms with Gasteiger partial charge in [0.05, 0.1) is 11.7 Å². The van der Waals surface area contributed by atoms with Crippen LogP contribution in [0.2, 0.25) is 0 Å². The number of benzene rings is 3. The Labute approximate surface area is 243 Å². The van der Waals surface area contributed by atoms with E-state index in [1.54, 1.807) is 29.4 Å². The van der Waals surface area contributed by atoms with Gasteiger partial charge in [-0.05, 0) is 47.9 Å². The summed E-state index contributed by atoms with van der Waals surface area (Å²) in [6.45, 7) is 2.65. The third-order valence-corrected chi connectivity index (χ3v) is 7.63. The number of amides is 2. The van der Waals surface area contributed by atoms with Gasteiger partial charge in [-0.15, -0.1) is 11.3 Å². The predicted molar refractivity (Wildman–Crippen MR) is 163 cm³/mol. The van der Waals surface area contributed by atoms with Crippen LogP contribution in [0, 0.1) is 0 Å². The Bertz CT molecular complexity index is 1570. The Morgan fingerprint density at radius 1 is 0.829 bits per heavy atom. The van der Waals surface area contributed by atoms with Crippen LogP contribution in [0.15, 0.2) is 115 Å². The number of carbonyl (C=O) groups is 2. The van der Waals surface area contributed by atoms with Gasteiger partial charge in [-0.3, -0.25) is 14.6 Å². The summed E-state index contributed by atoms with van der Waals surface area (Å²) < 4.78 is 0. The molecule has 7 nitrogen and oxygen atoms in total. The van der Waals surface area contributed by atoms with Crippen LogP contribution in [0.4, 0.5) is 5.13 Å². The molecule has 0 aliphatic rings. The molecule has 206 valence electrons. The zero-order chi connectivity index (χ0) is 28.6. The second-order valence-electron chi connectivity index (χ2n) is 9.76. The molecule has 5 rings (SSSR count). The Morgan fingerprint density at radius 2 is 1.46 bits per heavy atom. The first-order chi connectivity index (χ1) is 20.0. The molecule has 0 saturated carbocycles. The van der Waals surface area contributed by atoms with Crippen LogP contribution in [0.1, 0.15) is 40.0 Å². The van der Waals surface area contributed by atoms with E-state index in [-0.39, 0.29) is 30.9 Å². The molecule has 0 aliphatic heterocycles. The van der Waals surface area contributed by atoms with Gasteiger partial charge >= 0.3 is 0 Å². The average molecular weight is 562 g/mol. The van der Waals surface area contributed by atoms with Crippen LogP contribution in [-0.2, 0) is 17.9 Å². The number of nitrogens with zero attached hydrogens (tertiary/aromatic N) is 4. The van der Waals surface area contributed by atoms with Gasteiger partial charge in [0.15, 0.2) is 5.13 Å². The molecule has 0 aliphatic carbocycles. The van der Waals surface area contributed by atoms with Crippen LogP contribution in [-0.4, -0.2) is 38.1 Å².